The molecule has 0 atom stereocenters. The molecular weight excluding hydrogens is 292 g/mol. The third kappa shape index (κ3) is 3.90. The predicted octanol–water partition coefficient (Wildman–Crippen LogP) is 2.92. The summed E-state index contributed by atoms with van der Waals surface area (Å²) in [5.41, 5.74) is 7.36. The van der Waals surface area contributed by atoms with E-state index in [4.69, 9.17) is 10.2 Å². The number of hydrogen-bond acceptors (Lipinski definition) is 3. The van der Waals surface area contributed by atoms with Crippen molar-refractivity contribution in [3.05, 3.63) is 29.8 Å². The maximum absolute atomic E-state index is 10.9. The number of benzene rings is 1. The molecule has 1 aliphatic rings. The molecule has 1 aromatic rings. The molecule has 1 amide bonds. The van der Waals surface area contributed by atoms with E-state index < -0.39 is 8.32 Å². The molecule has 0 aromatic heterocycles. The number of primary amides is 1. The lowest BCUT2D eigenvalue weighted by Gasteiger charge is -2.47. The van der Waals surface area contributed by atoms with Crippen molar-refractivity contribution >= 4 is 19.9 Å². The molecule has 22 heavy (non-hydrogen) atoms. The van der Waals surface area contributed by atoms with Crippen LogP contribution in [-0.2, 0) is 15.6 Å². The highest BCUT2D eigenvalue weighted by Gasteiger charge is 2.41. The fraction of sp³-hybridized carbons (Fsp3) is 0.588. The molecule has 4 nitrogen and oxygen atoms in total. The molecule has 0 unspecified atom stereocenters. The van der Waals surface area contributed by atoms with Gasteiger partial charge >= 0.3 is 0 Å². The summed E-state index contributed by atoms with van der Waals surface area (Å²) in [6.45, 7) is 13.3. The van der Waals surface area contributed by atoms with Crippen LogP contribution in [0.4, 0.5) is 5.69 Å². The number of hydrogen-bond donors (Lipinski definition) is 1. The van der Waals surface area contributed by atoms with Crippen LogP contribution in [-0.4, -0.2) is 33.4 Å². The number of nitrogens with zero attached hydrogens (tertiary/aromatic N) is 1. The quantitative estimate of drug-likeness (QED) is 0.849. The second-order valence-corrected chi connectivity index (χ2v) is 12.5. The Morgan fingerprint density at radius 1 is 1.27 bits per heavy atom. The van der Waals surface area contributed by atoms with E-state index in [9.17, 15) is 4.79 Å². The van der Waals surface area contributed by atoms with Crippen molar-refractivity contribution in [2.75, 3.05) is 18.0 Å². The Labute approximate surface area is 134 Å². The van der Waals surface area contributed by atoms with Gasteiger partial charge in [-0.25, -0.2) is 0 Å². The SMILES string of the molecule is CC(C)(C)[Si](C)(C)OC1CN(c2ccc(CC(N)=O)cc2)C1. The molecule has 0 radical (unpaired) electrons. The summed E-state index contributed by atoms with van der Waals surface area (Å²) in [6, 6.07) is 8.06. The molecule has 2 N–H and O–H groups in total. The maximum atomic E-state index is 10.9. The van der Waals surface area contributed by atoms with Crippen LogP contribution in [0.2, 0.25) is 18.1 Å². The van der Waals surface area contributed by atoms with Gasteiger partial charge in [0.2, 0.25) is 5.91 Å². The first-order valence-electron chi connectivity index (χ1n) is 7.88. The smallest absolute Gasteiger partial charge is 0.221 e. The van der Waals surface area contributed by atoms with Gasteiger partial charge in [0.1, 0.15) is 0 Å². The number of rotatable bonds is 5. The molecule has 0 saturated carbocycles. The van der Waals surface area contributed by atoms with Crippen LogP contribution in [0, 0.1) is 0 Å². The van der Waals surface area contributed by atoms with Crippen LogP contribution in [0.5, 0.6) is 0 Å². The lowest BCUT2D eigenvalue weighted by atomic mass is 10.1. The molecule has 2 rings (SSSR count). The average molecular weight is 321 g/mol. The molecule has 1 fully saturated rings. The number of amides is 1. The van der Waals surface area contributed by atoms with Crippen molar-refractivity contribution in [3.63, 3.8) is 0 Å². The summed E-state index contributed by atoms with van der Waals surface area (Å²) in [5, 5.41) is 0.254. The van der Waals surface area contributed by atoms with Gasteiger partial charge in [-0.2, -0.15) is 0 Å². The second kappa shape index (κ2) is 6.05. The Morgan fingerprint density at radius 3 is 2.27 bits per heavy atom. The third-order valence-electron chi connectivity index (χ3n) is 4.80. The first kappa shape index (κ1) is 17.0. The third-order valence-corrected chi connectivity index (χ3v) is 9.33. The Morgan fingerprint density at radius 2 is 1.82 bits per heavy atom. The van der Waals surface area contributed by atoms with Gasteiger partial charge in [0.15, 0.2) is 8.32 Å². The largest absolute Gasteiger partial charge is 0.410 e. The zero-order valence-electron chi connectivity index (χ0n) is 14.3. The van der Waals surface area contributed by atoms with Gasteiger partial charge in [-0.1, -0.05) is 32.9 Å². The molecule has 122 valence electrons. The molecule has 1 heterocycles. The molecule has 0 aliphatic carbocycles. The lowest BCUT2D eigenvalue weighted by Crippen LogP contribution is -2.57. The van der Waals surface area contributed by atoms with Gasteiger partial charge in [0.25, 0.3) is 0 Å². The number of carbonyl (C=O) groups excluding carboxylic acids is 1. The molecule has 5 heteroatoms. The first-order chi connectivity index (χ1) is 10.1. The number of carbonyl (C=O) groups is 1. The Hall–Kier alpha value is -1.33. The van der Waals surface area contributed by atoms with E-state index in [0.717, 1.165) is 18.7 Å². The van der Waals surface area contributed by atoms with E-state index >= 15 is 0 Å². The summed E-state index contributed by atoms with van der Waals surface area (Å²) in [7, 11) is -1.67. The van der Waals surface area contributed by atoms with Crippen LogP contribution in [0.3, 0.4) is 0 Å². The van der Waals surface area contributed by atoms with Crippen LogP contribution in [0.25, 0.3) is 0 Å². The average Bonchev–Trinajstić information content (AvgIpc) is 2.32. The molecule has 1 aromatic carbocycles. The van der Waals surface area contributed by atoms with E-state index in [2.05, 4.69) is 50.9 Å². The van der Waals surface area contributed by atoms with Crippen molar-refractivity contribution in [2.45, 2.75) is 51.4 Å². The van der Waals surface area contributed by atoms with Crippen LogP contribution < -0.4 is 10.6 Å². The molecule has 0 bridgehead atoms. The topological polar surface area (TPSA) is 55.6 Å². The summed E-state index contributed by atoms with van der Waals surface area (Å²) in [6.07, 6.45) is 0.642. The van der Waals surface area contributed by atoms with E-state index in [1.165, 1.54) is 5.69 Å². The fourth-order valence-corrected chi connectivity index (χ4v) is 3.68. The summed E-state index contributed by atoms with van der Waals surface area (Å²) in [5.74, 6) is -0.292. The number of nitrogens with two attached hydrogens (primary N) is 1. The molecule has 0 spiro atoms. The van der Waals surface area contributed by atoms with Crippen molar-refractivity contribution < 1.29 is 9.22 Å². The van der Waals surface area contributed by atoms with Gasteiger partial charge in [-0.05, 0) is 35.8 Å². The minimum atomic E-state index is -1.67. The van der Waals surface area contributed by atoms with Crippen molar-refractivity contribution in [1.29, 1.82) is 0 Å². The van der Waals surface area contributed by atoms with Gasteiger partial charge in [0.05, 0.1) is 12.5 Å². The van der Waals surface area contributed by atoms with Crippen LogP contribution in [0.15, 0.2) is 24.3 Å². The minimum absolute atomic E-state index is 0.254. The Kier molecular flexibility index (Phi) is 4.68. The highest BCUT2D eigenvalue weighted by atomic mass is 28.4. The van der Waals surface area contributed by atoms with Crippen LogP contribution >= 0.6 is 0 Å². The molecule has 1 aliphatic heterocycles. The zero-order chi connectivity index (χ0) is 16.5. The lowest BCUT2D eigenvalue weighted by molar-refractivity contribution is -0.117. The van der Waals surface area contributed by atoms with Crippen LogP contribution in [0.1, 0.15) is 26.3 Å². The summed E-state index contributed by atoms with van der Waals surface area (Å²) < 4.78 is 6.40. The van der Waals surface area contributed by atoms with Gasteiger partial charge < -0.3 is 15.1 Å². The normalized spacial score (nSPS) is 16.5. The Balaban J connectivity index is 1.88. The highest BCUT2D eigenvalue weighted by Crippen LogP contribution is 2.38. The zero-order valence-corrected chi connectivity index (χ0v) is 15.3. The molecule has 1 saturated heterocycles. The van der Waals surface area contributed by atoms with Crippen molar-refractivity contribution in [1.82, 2.24) is 0 Å². The number of anilines is 1. The van der Waals surface area contributed by atoms with E-state index in [-0.39, 0.29) is 10.9 Å². The summed E-state index contributed by atoms with van der Waals surface area (Å²) in [4.78, 5) is 13.2. The van der Waals surface area contributed by atoms with Crippen molar-refractivity contribution in [3.8, 4) is 0 Å². The van der Waals surface area contributed by atoms with E-state index in [1.807, 2.05) is 12.1 Å². The van der Waals surface area contributed by atoms with Crippen molar-refractivity contribution in [2.24, 2.45) is 5.73 Å². The molecular formula is C17H28N2O2Si. The van der Waals surface area contributed by atoms with E-state index in [0.29, 0.717) is 12.5 Å². The van der Waals surface area contributed by atoms with Gasteiger partial charge in [-0.3, -0.25) is 4.79 Å². The summed E-state index contributed by atoms with van der Waals surface area (Å²) >= 11 is 0. The second-order valence-electron chi connectivity index (χ2n) is 7.71. The van der Waals surface area contributed by atoms with Gasteiger partial charge in [0, 0.05) is 18.8 Å². The highest BCUT2D eigenvalue weighted by molar-refractivity contribution is 6.74. The predicted molar refractivity (Wildman–Crippen MR) is 93.6 cm³/mol. The Bertz CT molecular complexity index is 529. The minimum Gasteiger partial charge on any atom is -0.410 e. The van der Waals surface area contributed by atoms with Gasteiger partial charge in [-0.15, -0.1) is 0 Å². The maximum Gasteiger partial charge on any atom is 0.221 e. The monoisotopic (exact) mass is 320 g/mol. The fourth-order valence-electron chi connectivity index (χ4n) is 2.34. The first-order valence-corrected chi connectivity index (χ1v) is 10.8. The standard InChI is InChI=1S/C17H28N2O2Si/c1-17(2,3)22(4,5)21-15-11-19(12-15)14-8-6-13(7-9-14)10-16(18)20/h6-9,15H,10-12H2,1-5H3,(H2,18,20). The van der Waals surface area contributed by atoms with E-state index in [1.54, 1.807) is 0 Å².